The summed E-state index contributed by atoms with van der Waals surface area (Å²) in [4.78, 5) is 31.1. The normalized spacial score (nSPS) is 18.9. The number of furan rings is 1. The van der Waals surface area contributed by atoms with Crippen molar-refractivity contribution in [2.24, 2.45) is 0 Å². The van der Waals surface area contributed by atoms with E-state index in [-0.39, 0.29) is 11.8 Å². The highest BCUT2D eigenvalue weighted by Crippen LogP contribution is 2.23. The molecule has 28 heavy (non-hydrogen) atoms. The minimum absolute atomic E-state index is 0.0289. The van der Waals surface area contributed by atoms with Gasteiger partial charge in [-0.1, -0.05) is 23.8 Å². The first-order valence-corrected chi connectivity index (χ1v) is 9.90. The summed E-state index contributed by atoms with van der Waals surface area (Å²) >= 11 is 0. The molecule has 2 saturated heterocycles. The molecular weight excluding hydrogens is 354 g/mol. The Morgan fingerprint density at radius 2 is 1.96 bits per heavy atom. The molecule has 0 atom stereocenters. The molecule has 2 aromatic rings. The zero-order chi connectivity index (χ0) is 19.7. The number of carbonyl (C=O) groups excluding carboxylic acids is 2. The molecule has 0 N–H and O–H groups in total. The molecule has 2 fully saturated rings. The third-order valence-electron chi connectivity index (χ3n) is 5.94. The molecule has 0 bridgehead atoms. The van der Waals surface area contributed by atoms with Crippen LogP contribution in [0.3, 0.4) is 0 Å². The quantitative estimate of drug-likeness (QED) is 0.817. The third-order valence-corrected chi connectivity index (χ3v) is 5.94. The summed E-state index contributed by atoms with van der Waals surface area (Å²) in [5, 5.41) is 0. The van der Waals surface area contributed by atoms with Crippen molar-refractivity contribution in [3.05, 3.63) is 59.0 Å². The fourth-order valence-corrected chi connectivity index (χ4v) is 4.24. The monoisotopic (exact) mass is 381 g/mol. The molecule has 0 aliphatic carbocycles. The molecule has 1 aromatic heterocycles. The van der Waals surface area contributed by atoms with E-state index >= 15 is 0 Å². The summed E-state index contributed by atoms with van der Waals surface area (Å²) in [6.45, 7) is 7.44. The number of rotatable bonds is 4. The van der Waals surface area contributed by atoms with Gasteiger partial charge in [0.2, 0.25) is 5.91 Å². The predicted octanol–water partition coefficient (Wildman–Crippen LogP) is 2.80. The molecule has 0 spiro atoms. The van der Waals surface area contributed by atoms with Crippen molar-refractivity contribution in [1.82, 2.24) is 14.7 Å². The Labute approximate surface area is 165 Å². The summed E-state index contributed by atoms with van der Waals surface area (Å²) < 4.78 is 5.02. The maximum atomic E-state index is 12.5. The molecule has 4 rings (SSSR count). The third kappa shape index (κ3) is 3.83. The van der Waals surface area contributed by atoms with Crippen molar-refractivity contribution in [3.63, 3.8) is 0 Å². The molecule has 0 unspecified atom stereocenters. The fraction of sp³-hybridized carbons (Fsp3) is 0.455. The molecule has 6 heteroatoms. The minimum Gasteiger partial charge on any atom is -0.472 e. The Morgan fingerprint density at radius 3 is 2.64 bits per heavy atom. The molecule has 6 nitrogen and oxygen atoms in total. The number of hydrogen-bond donors (Lipinski definition) is 0. The SMILES string of the molecule is Cc1ccc(CN2CN(C3CCN(C(=O)c4ccoc4)CC3)CC2=O)c(C)c1. The molecular formula is C22H27N3O3. The first-order chi connectivity index (χ1) is 13.5. The molecule has 2 aliphatic heterocycles. The summed E-state index contributed by atoms with van der Waals surface area (Å²) in [5.74, 6) is 0.220. The second kappa shape index (κ2) is 7.80. The van der Waals surface area contributed by atoms with Gasteiger partial charge < -0.3 is 14.2 Å². The number of likely N-dealkylation sites (tertiary alicyclic amines) is 1. The van der Waals surface area contributed by atoms with Gasteiger partial charge in [-0.05, 0) is 43.9 Å². The van der Waals surface area contributed by atoms with E-state index in [1.54, 1.807) is 6.07 Å². The molecule has 3 heterocycles. The summed E-state index contributed by atoms with van der Waals surface area (Å²) in [5.41, 5.74) is 4.29. The van der Waals surface area contributed by atoms with Crippen LogP contribution >= 0.6 is 0 Å². The van der Waals surface area contributed by atoms with Gasteiger partial charge in [0.05, 0.1) is 25.0 Å². The summed E-state index contributed by atoms with van der Waals surface area (Å²) in [6, 6.07) is 8.45. The van der Waals surface area contributed by atoms with Crippen molar-refractivity contribution in [1.29, 1.82) is 0 Å². The first-order valence-electron chi connectivity index (χ1n) is 9.90. The highest BCUT2D eigenvalue weighted by atomic mass is 16.3. The average molecular weight is 381 g/mol. The van der Waals surface area contributed by atoms with E-state index in [0.717, 1.165) is 25.9 Å². The lowest BCUT2D eigenvalue weighted by molar-refractivity contribution is -0.127. The number of piperidine rings is 1. The van der Waals surface area contributed by atoms with E-state index < -0.39 is 0 Å². The van der Waals surface area contributed by atoms with Gasteiger partial charge in [0.1, 0.15) is 6.26 Å². The van der Waals surface area contributed by atoms with Gasteiger partial charge in [-0.25, -0.2) is 0 Å². The summed E-state index contributed by atoms with van der Waals surface area (Å²) in [7, 11) is 0. The minimum atomic E-state index is 0.0289. The molecule has 0 radical (unpaired) electrons. The first kappa shape index (κ1) is 18.7. The largest absolute Gasteiger partial charge is 0.472 e. The van der Waals surface area contributed by atoms with Gasteiger partial charge in [-0.3, -0.25) is 14.5 Å². The smallest absolute Gasteiger partial charge is 0.257 e. The van der Waals surface area contributed by atoms with Crippen LogP contribution in [0.2, 0.25) is 0 Å². The van der Waals surface area contributed by atoms with Crippen LogP contribution in [0.5, 0.6) is 0 Å². The second-order valence-corrected chi connectivity index (χ2v) is 7.95. The standard InChI is InChI=1S/C22H27N3O3/c1-16-3-4-18(17(2)11-16)12-25-15-24(13-21(25)26)20-5-8-23(9-6-20)22(27)19-7-10-28-14-19/h3-4,7,10-11,14,20H,5-6,8-9,12-13,15H2,1-2H3. The number of hydrogen-bond acceptors (Lipinski definition) is 4. The van der Waals surface area contributed by atoms with Gasteiger partial charge in [0.25, 0.3) is 5.91 Å². The van der Waals surface area contributed by atoms with E-state index in [2.05, 4.69) is 36.9 Å². The highest BCUT2D eigenvalue weighted by molar-refractivity contribution is 5.93. The van der Waals surface area contributed by atoms with Crippen LogP contribution < -0.4 is 0 Å². The van der Waals surface area contributed by atoms with Crippen LogP contribution in [0.1, 0.15) is 39.9 Å². The molecule has 1 aromatic carbocycles. The topological polar surface area (TPSA) is 57.0 Å². The fourth-order valence-electron chi connectivity index (χ4n) is 4.24. The van der Waals surface area contributed by atoms with Crippen molar-refractivity contribution < 1.29 is 14.0 Å². The van der Waals surface area contributed by atoms with Crippen LogP contribution in [-0.4, -0.2) is 58.9 Å². The van der Waals surface area contributed by atoms with Crippen LogP contribution in [0.15, 0.2) is 41.2 Å². The Bertz CT molecular complexity index is 854. The lowest BCUT2D eigenvalue weighted by atomic mass is 10.0. The maximum absolute atomic E-state index is 12.5. The van der Waals surface area contributed by atoms with Crippen LogP contribution in [0.4, 0.5) is 0 Å². The van der Waals surface area contributed by atoms with E-state index in [4.69, 9.17) is 4.42 Å². The van der Waals surface area contributed by atoms with E-state index in [0.29, 0.717) is 31.4 Å². The number of nitrogens with zero attached hydrogens (tertiary/aromatic N) is 3. The summed E-state index contributed by atoms with van der Waals surface area (Å²) in [6.07, 6.45) is 4.82. The van der Waals surface area contributed by atoms with Gasteiger partial charge in [0.15, 0.2) is 0 Å². The number of aryl methyl sites for hydroxylation is 2. The lowest BCUT2D eigenvalue weighted by Gasteiger charge is -2.36. The molecule has 2 amide bonds. The van der Waals surface area contributed by atoms with Gasteiger partial charge >= 0.3 is 0 Å². The highest BCUT2D eigenvalue weighted by Gasteiger charge is 2.35. The second-order valence-electron chi connectivity index (χ2n) is 7.95. The van der Waals surface area contributed by atoms with Gasteiger partial charge in [-0.15, -0.1) is 0 Å². The van der Waals surface area contributed by atoms with Crippen LogP contribution in [-0.2, 0) is 11.3 Å². The lowest BCUT2D eigenvalue weighted by Crippen LogP contribution is -2.46. The average Bonchev–Trinajstić information content (AvgIpc) is 3.34. The maximum Gasteiger partial charge on any atom is 0.257 e. The van der Waals surface area contributed by atoms with Crippen LogP contribution in [0.25, 0.3) is 0 Å². The van der Waals surface area contributed by atoms with Crippen molar-refractivity contribution in [2.75, 3.05) is 26.3 Å². The predicted molar refractivity (Wildman–Crippen MR) is 106 cm³/mol. The molecule has 0 saturated carbocycles. The molecule has 2 aliphatic rings. The Hall–Kier alpha value is -2.60. The van der Waals surface area contributed by atoms with E-state index in [9.17, 15) is 9.59 Å². The Kier molecular flexibility index (Phi) is 5.22. The van der Waals surface area contributed by atoms with Crippen molar-refractivity contribution in [2.45, 2.75) is 39.3 Å². The number of carbonyl (C=O) groups is 2. The van der Waals surface area contributed by atoms with Crippen molar-refractivity contribution in [3.8, 4) is 0 Å². The molecule has 148 valence electrons. The van der Waals surface area contributed by atoms with Crippen molar-refractivity contribution >= 4 is 11.8 Å². The van der Waals surface area contributed by atoms with Gasteiger partial charge in [0, 0.05) is 25.7 Å². The Balaban J connectivity index is 1.33. The number of amides is 2. The van der Waals surface area contributed by atoms with E-state index in [1.165, 1.54) is 29.2 Å². The van der Waals surface area contributed by atoms with Gasteiger partial charge in [-0.2, -0.15) is 0 Å². The zero-order valence-corrected chi connectivity index (χ0v) is 16.6. The number of benzene rings is 1. The zero-order valence-electron chi connectivity index (χ0n) is 16.6. The Morgan fingerprint density at radius 1 is 1.18 bits per heavy atom. The van der Waals surface area contributed by atoms with E-state index in [1.807, 2.05) is 9.80 Å². The van der Waals surface area contributed by atoms with Crippen LogP contribution in [0, 0.1) is 13.8 Å².